The van der Waals surface area contributed by atoms with Crippen molar-refractivity contribution in [3.8, 4) is 17.6 Å². The zero-order chi connectivity index (χ0) is 71.8. The topological polar surface area (TPSA) is 539 Å². The van der Waals surface area contributed by atoms with E-state index in [1.54, 1.807) is 12.1 Å². The first-order chi connectivity index (χ1) is 46.7. The largest absolute Gasteiger partial charge is 0.494 e. The van der Waals surface area contributed by atoms with E-state index in [-0.39, 0.29) is 12.2 Å². The average Bonchev–Trinajstić information content (AvgIpc) is 0.772. The van der Waals surface area contributed by atoms with Crippen molar-refractivity contribution in [3.63, 3.8) is 0 Å². The number of ether oxygens (including phenoxy) is 12. The minimum atomic E-state index is -2.08. The van der Waals surface area contributed by atoms with Crippen LogP contribution in [0.2, 0.25) is 0 Å². The Morgan fingerprint density at radius 2 is 0.878 bits per heavy atom. The molecule has 6 saturated heterocycles. The molecule has 36 heteroatoms. The molecular weight excluding hydrogens is 1310 g/mol. The van der Waals surface area contributed by atoms with Gasteiger partial charge in [0.2, 0.25) is 23.6 Å². The molecule has 1 aromatic rings. The maximum Gasteiger partial charge on any atom is 0.251 e. The fourth-order valence-corrected chi connectivity index (χ4v) is 12.3. The third kappa shape index (κ3) is 20.4. The van der Waals surface area contributed by atoms with Crippen LogP contribution >= 0.6 is 0 Å². The average molecular weight is 1410 g/mol. The van der Waals surface area contributed by atoms with Crippen LogP contribution in [0.4, 0.5) is 0 Å². The van der Waals surface area contributed by atoms with Gasteiger partial charge in [0.25, 0.3) is 5.91 Å². The number of carbonyl (C=O) groups excluding carboxylic acids is 5. The van der Waals surface area contributed by atoms with Crippen LogP contribution in [0.1, 0.15) is 96.8 Å². The lowest BCUT2D eigenvalue weighted by molar-refractivity contribution is -0.368. The van der Waals surface area contributed by atoms with Crippen molar-refractivity contribution < 1.29 is 152 Å². The molecule has 556 valence electrons. The van der Waals surface area contributed by atoms with Crippen molar-refractivity contribution in [2.45, 2.75) is 270 Å². The molecule has 36 nitrogen and oxygen atoms in total. The van der Waals surface area contributed by atoms with Gasteiger partial charge in [-0.1, -0.05) is 32.3 Å². The summed E-state index contributed by atoms with van der Waals surface area (Å²) in [6, 6.07) is -2.60. The van der Waals surface area contributed by atoms with Crippen molar-refractivity contribution in [2.75, 3.05) is 39.6 Å². The number of aliphatic hydroxyl groups is 14. The minimum Gasteiger partial charge on any atom is -0.494 e. The highest BCUT2D eigenvalue weighted by molar-refractivity contribution is 5.94. The zero-order valence-electron chi connectivity index (χ0n) is 55.0. The second-order valence-corrected chi connectivity index (χ2v) is 24.9. The fraction of sp³-hybridized carbons (Fsp3) is 0.790. The molecule has 7 rings (SSSR count). The van der Waals surface area contributed by atoms with E-state index in [1.807, 2.05) is 0 Å². The molecule has 6 aliphatic heterocycles. The van der Waals surface area contributed by atoms with Crippen molar-refractivity contribution in [1.29, 1.82) is 0 Å². The van der Waals surface area contributed by atoms with Crippen LogP contribution in [-0.2, 0) is 71.3 Å². The smallest absolute Gasteiger partial charge is 0.251 e. The Hall–Kier alpha value is -5.07. The lowest BCUT2D eigenvalue weighted by atomic mass is 9.93. The van der Waals surface area contributed by atoms with Crippen LogP contribution in [0.25, 0.3) is 0 Å². The molecule has 1 aromatic carbocycles. The van der Waals surface area contributed by atoms with Gasteiger partial charge in [-0.25, -0.2) is 0 Å². The van der Waals surface area contributed by atoms with E-state index in [0.29, 0.717) is 18.6 Å². The maximum atomic E-state index is 13.9. The van der Waals surface area contributed by atoms with Gasteiger partial charge in [0.15, 0.2) is 37.7 Å². The summed E-state index contributed by atoms with van der Waals surface area (Å²) < 4.78 is 71.9. The number of aliphatic hydroxyl groups excluding tert-OH is 14. The van der Waals surface area contributed by atoms with E-state index < -0.39 is 246 Å². The molecule has 5 amide bonds. The molecule has 30 atom stereocenters. The molecule has 0 aromatic heterocycles. The predicted octanol–water partition coefficient (Wildman–Crippen LogP) is -7.93. The molecule has 0 spiro atoms. The molecule has 0 aliphatic carbocycles. The monoisotopic (exact) mass is 1410 g/mol. The highest BCUT2D eigenvalue weighted by Gasteiger charge is 2.58. The highest BCUT2D eigenvalue weighted by Crippen LogP contribution is 2.37. The van der Waals surface area contributed by atoms with Crippen LogP contribution in [-0.4, -0.2) is 325 Å². The van der Waals surface area contributed by atoms with Gasteiger partial charge in [-0.3, -0.25) is 24.0 Å². The van der Waals surface area contributed by atoms with E-state index in [1.165, 1.54) is 19.1 Å². The summed E-state index contributed by atoms with van der Waals surface area (Å²) >= 11 is 0. The van der Waals surface area contributed by atoms with Crippen LogP contribution in [0.15, 0.2) is 24.3 Å². The summed E-state index contributed by atoms with van der Waals surface area (Å²) in [4.78, 5) is 65.0. The number of hydrogen-bond donors (Lipinski definition) is 19. The lowest BCUT2D eigenvalue weighted by Crippen LogP contribution is -2.72. The SMILES string of the molecule is CCCCCCC#CCCCOc1cccc(C(=O)N[C@@H]2C(O[C@H]3C(O)C(NC(C)=O)C(OC4C(CO)O[C@@H](O[C@H]5C(O)C(NC(C)=O)C(OC6C(CO[C@@H]7OC(C)C(O)[C@@H](O)C7O)OC(O)[C@@H](NC(C)=O)[C@H]6O)O[C@H]5CO)[C@@H](NC(C)=O)[C@H]4O)O[C@H]3CO)OC(CO)[C@@H](O)[C@@H]2O)c1. The Balaban J connectivity index is 1.07. The molecule has 16 unspecified atom stereocenters. The molecule has 19 N–H and O–H groups in total. The predicted molar refractivity (Wildman–Crippen MR) is 327 cm³/mol. The van der Waals surface area contributed by atoms with Crippen LogP contribution < -0.4 is 31.3 Å². The second kappa shape index (κ2) is 37.7. The quantitative estimate of drug-likeness (QED) is 0.0262. The molecule has 6 fully saturated rings. The minimum absolute atomic E-state index is 0.0314. The molecule has 98 heavy (non-hydrogen) atoms. The number of hydrogen-bond acceptors (Lipinski definition) is 31. The van der Waals surface area contributed by atoms with Crippen molar-refractivity contribution >= 4 is 29.5 Å². The zero-order valence-corrected chi connectivity index (χ0v) is 55.0. The van der Waals surface area contributed by atoms with Crippen LogP contribution in [0, 0.1) is 11.8 Å². The first-order valence-corrected chi connectivity index (χ1v) is 32.6. The summed E-state index contributed by atoms with van der Waals surface area (Å²) in [6.07, 6.45) is -38.5. The molecule has 0 saturated carbocycles. The summed E-state index contributed by atoms with van der Waals surface area (Å²) in [6.45, 7) is 3.20. The van der Waals surface area contributed by atoms with Gasteiger partial charge in [0.1, 0.15) is 146 Å². The summed E-state index contributed by atoms with van der Waals surface area (Å²) in [7, 11) is 0. The van der Waals surface area contributed by atoms with Gasteiger partial charge in [-0.2, -0.15) is 0 Å². The number of carbonyl (C=O) groups is 5. The standard InChI is InChI=1S/C62H97N5O31/c1-7-8-9-10-11-12-13-14-15-19-87-32-18-16-17-31(20-32)56(85)67-39-45(78)44(77)33(21-68)91-58(39)95-52-34(22-69)92-59(40(47(52)80)64-28(4)73)96-53-35(23-70)93-60(41(48(53)81)65-29(5)74)97-54-36(24-71)94-61(42(49(54)82)66-30(6)75)98-55-37(90-57(86)38(46(55)79)63-27(3)72)25-88-62-51(84)50(83)43(76)26(2)89-62/h16-18,20,26,33-55,57-62,68-71,76-84,86H,7-11,14-15,19,21-25H2,1-6H3,(H,63,72)(H,64,73)(H,65,74)(H,66,75)(H,67,85)/t26?,33?,34-,35?,36-,37?,38-,39-,40?,41-,42?,43?,44+,45+,46+,47?,48+,49?,50+,51?,52+,53?,54+,55?,57?,58?,59?,60-,61?,62+/m0/s1. The number of nitrogens with one attached hydrogen (secondary N) is 5. The number of benzene rings is 1. The first kappa shape index (κ1) is 80.2. The van der Waals surface area contributed by atoms with E-state index in [9.17, 15) is 95.5 Å². The van der Waals surface area contributed by atoms with E-state index >= 15 is 0 Å². The Kier molecular flexibility index (Phi) is 30.9. The van der Waals surface area contributed by atoms with Crippen molar-refractivity contribution in [2.24, 2.45) is 0 Å². The van der Waals surface area contributed by atoms with Gasteiger partial charge < -0.3 is 155 Å². The van der Waals surface area contributed by atoms with E-state index in [0.717, 1.165) is 59.8 Å². The highest BCUT2D eigenvalue weighted by atomic mass is 16.8. The Morgan fingerprint density at radius 1 is 0.449 bits per heavy atom. The third-order valence-corrected chi connectivity index (χ3v) is 17.4. The van der Waals surface area contributed by atoms with Gasteiger partial charge in [-0.05, 0) is 38.0 Å². The molecule has 0 bridgehead atoms. The Bertz CT molecular complexity index is 2770. The Morgan fingerprint density at radius 3 is 1.34 bits per heavy atom. The van der Waals surface area contributed by atoms with Gasteiger partial charge in [-0.15, -0.1) is 11.8 Å². The molecule has 0 radical (unpaired) electrons. The van der Waals surface area contributed by atoms with Gasteiger partial charge >= 0.3 is 0 Å². The molecule has 6 aliphatic rings. The summed E-state index contributed by atoms with van der Waals surface area (Å²) in [5.74, 6) is 2.53. The third-order valence-electron chi connectivity index (χ3n) is 17.4. The Labute approximate surface area is 564 Å². The normalized spacial score (nSPS) is 39.6. The van der Waals surface area contributed by atoms with Gasteiger partial charge in [0, 0.05) is 46.1 Å². The van der Waals surface area contributed by atoms with Gasteiger partial charge in [0.05, 0.1) is 45.7 Å². The van der Waals surface area contributed by atoms with Crippen molar-refractivity contribution in [3.05, 3.63) is 29.8 Å². The molecule has 6 heterocycles. The summed E-state index contributed by atoms with van der Waals surface area (Å²) in [5, 5.41) is 168. The van der Waals surface area contributed by atoms with Crippen LogP contribution in [0.3, 0.4) is 0 Å². The number of amides is 5. The lowest BCUT2D eigenvalue weighted by Gasteiger charge is -2.51. The molecular formula is C62H97N5O31. The van der Waals surface area contributed by atoms with E-state index in [2.05, 4.69) is 45.3 Å². The van der Waals surface area contributed by atoms with Crippen LogP contribution in [0.5, 0.6) is 5.75 Å². The summed E-state index contributed by atoms with van der Waals surface area (Å²) in [5.41, 5.74) is 0.0314. The number of rotatable bonds is 29. The maximum absolute atomic E-state index is 13.9. The van der Waals surface area contributed by atoms with Crippen molar-refractivity contribution in [1.82, 2.24) is 26.6 Å². The van der Waals surface area contributed by atoms with E-state index in [4.69, 9.17) is 56.8 Å². The first-order valence-electron chi connectivity index (χ1n) is 32.6. The second-order valence-electron chi connectivity index (χ2n) is 24.9. The fourth-order valence-electron chi connectivity index (χ4n) is 12.3. The number of unbranched alkanes of at least 4 members (excludes halogenated alkanes) is 5.